The molecule has 7 nitrogen and oxygen atoms in total. The van der Waals surface area contributed by atoms with E-state index in [-0.39, 0.29) is 23.5 Å². The second-order valence-electron chi connectivity index (χ2n) is 5.50. The molecule has 0 saturated carbocycles. The molecular weight excluding hydrogens is 316 g/mol. The fourth-order valence-electron chi connectivity index (χ4n) is 2.66. The Morgan fingerprint density at radius 1 is 1.22 bits per heavy atom. The van der Waals surface area contributed by atoms with Crippen LogP contribution >= 0.6 is 11.3 Å². The number of ketones is 1. The lowest BCUT2D eigenvalue weighted by molar-refractivity contribution is 0.0973. The maximum atomic E-state index is 12.5. The fourth-order valence-corrected chi connectivity index (χ4v) is 3.61. The normalized spacial score (nSPS) is 11.3. The van der Waals surface area contributed by atoms with Crippen LogP contribution in [0.15, 0.2) is 22.0 Å². The minimum atomic E-state index is -0.452. The Kier molecular flexibility index (Phi) is 3.56. The summed E-state index contributed by atoms with van der Waals surface area (Å²) in [5.74, 6) is -0.0814. The summed E-state index contributed by atoms with van der Waals surface area (Å²) in [7, 11) is 2.96. The number of aryl methyl sites for hydroxylation is 3. The maximum absolute atomic E-state index is 12.5. The topological polar surface area (TPSA) is 78.9 Å². The molecule has 0 atom stereocenters. The van der Waals surface area contributed by atoms with Gasteiger partial charge in [-0.3, -0.25) is 18.7 Å². The van der Waals surface area contributed by atoms with Crippen molar-refractivity contribution >= 4 is 28.3 Å². The number of fused-ring (bicyclic) bond motifs is 1. The lowest BCUT2D eigenvalue weighted by atomic mass is 10.1. The summed E-state index contributed by atoms with van der Waals surface area (Å²) in [6.07, 6.45) is 1.43. The number of hydrogen-bond donors (Lipinski definition) is 0. The molecule has 0 N–H and O–H groups in total. The molecule has 0 radical (unpaired) electrons. The van der Waals surface area contributed by atoms with E-state index in [2.05, 4.69) is 4.98 Å². The molecule has 3 heterocycles. The van der Waals surface area contributed by atoms with Crippen LogP contribution in [0, 0.1) is 13.8 Å². The quantitative estimate of drug-likeness (QED) is 0.670. The fraction of sp³-hybridized carbons (Fsp3) is 0.333. The molecule has 3 aromatic heterocycles. The molecule has 8 heteroatoms. The molecule has 0 spiro atoms. The minimum absolute atomic E-state index is 0.0148. The number of rotatable bonds is 3. The summed E-state index contributed by atoms with van der Waals surface area (Å²) in [6.45, 7) is 3.87. The molecule has 0 unspecified atom stereocenters. The van der Waals surface area contributed by atoms with Crippen LogP contribution in [0.1, 0.15) is 20.1 Å². The molecule has 0 aliphatic carbocycles. The van der Waals surface area contributed by atoms with Gasteiger partial charge < -0.3 is 4.57 Å². The summed E-state index contributed by atoms with van der Waals surface area (Å²) in [6, 6.07) is 1.86. The Hall–Kier alpha value is -2.48. The van der Waals surface area contributed by atoms with Crippen molar-refractivity contribution < 1.29 is 4.79 Å². The Morgan fingerprint density at radius 2 is 1.91 bits per heavy atom. The standard InChI is InChI=1S/C15H16N4O3S/c1-8-5-10(9(2)23-8)11(20)6-19-7-16-13-12(19)14(21)18(4)15(22)17(13)3/h5,7H,6H2,1-4H3. The summed E-state index contributed by atoms with van der Waals surface area (Å²) < 4.78 is 3.83. The number of aromatic nitrogens is 4. The van der Waals surface area contributed by atoms with Gasteiger partial charge in [0.2, 0.25) is 0 Å². The van der Waals surface area contributed by atoms with E-state index in [0.717, 1.165) is 14.3 Å². The van der Waals surface area contributed by atoms with Gasteiger partial charge in [0.05, 0.1) is 12.9 Å². The third-order valence-corrected chi connectivity index (χ3v) is 4.84. The van der Waals surface area contributed by atoms with Crippen LogP contribution in [0.5, 0.6) is 0 Å². The van der Waals surface area contributed by atoms with Gasteiger partial charge in [-0.2, -0.15) is 0 Å². The third-order valence-electron chi connectivity index (χ3n) is 3.87. The summed E-state index contributed by atoms with van der Waals surface area (Å²) >= 11 is 1.57. The molecule has 0 aliphatic rings. The monoisotopic (exact) mass is 332 g/mol. The SMILES string of the molecule is Cc1cc(C(=O)Cn2cnc3c2c(=O)n(C)c(=O)n3C)c(C)s1. The van der Waals surface area contributed by atoms with Crippen molar-refractivity contribution in [1.82, 2.24) is 18.7 Å². The van der Waals surface area contributed by atoms with E-state index in [1.807, 2.05) is 19.9 Å². The number of carbonyl (C=O) groups excluding carboxylic acids is 1. The van der Waals surface area contributed by atoms with Crippen LogP contribution in [0.4, 0.5) is 0 Å². The van der Waals surface area contributed by atoms with E-state index in [1.165, 1.54) is 22.5 Å². The number of carbonyl (C=O) groups is 1. The molecule has 0 saturated heterocycles. The average Bonchev–Trinajstić information content (AvgIpc) is 3.06. The van der Waals surface area contributed by atoms with Crippen LogP contribution in [-0.4, -0.2) is 24.5 Å². The van der Waals surface area contributed by atoms with E-state index in [0.29, 0.717) is 5.56 Å². The number of thiophene rings is 1. The highest BCUT2D eigenvalue weighted by Crippen LogP contribution is 2.21. The van der Waals surface area contributed by atoms with Crippen LogP contribution in [-0.2, 0) is 20.6 Å². The van der Waals surface area contributed by atoms with Gasteiger partial charge in [0, 0.05) is 29.4 Å². The van der Waals surface area contributed by atoms with E-state index in [1.54, 1.807) is 18.4 Å². The molecule has 3 rings (SSSR count). The van der Waals surface area contributed by atoms with Crippen molar-refractivity contribution in [3.05, 3.63) is 48.5 Å². The van der Waals surface area contributed by atoms with E-state index >= 15 is 0 Å². The highest BCUT2D eigenvalue weighted by atomic mass is 32.1. The van der Waals surface area contributed by atoms with E-state index in [9.17, 15) is 14.4 Å². The zero-order valence-corrected chi connectivity index (χ0v) is 14.1. The lowest BCUT2D eigenvalue weighted by Gasteiger charge is -2.06. The van der Waals surface area contributed by atoms with E-state index in [4.69, 9.17) is 0 Å². The molecule has 120 valence electrons. The first-order valence-electron chi connectivity index (χ1n) is 7.02. The van der Waals surface area contributed by atoms with Gasteiger partial charge in [-0.15, -0.1) is 11.3 Å². The van der Waals surface area contributed by atoms with Gasteiger partial charge in [-0.25, -0.2) is 9.78 Å². The number of hydrogen-bond acceptors (Lipinski definition) is 5. The molecule has 0 amide bonds. The lowest BCUT2D eigenvalue weighted by Crippen LogP contribution is -2.37. The molecule has 0 fully saturated rings. The molecule has 0 aromatic carbocycles. The number of imidazole rings is 1. The smallest absolute Gasteiger partial charge is 0.317 e. The molecule has 3 aromatic rings. The molecular formula is C15H16N4O3S. The van der Waals surface area contributed by atoms with Crippen molar-refractivity contribution in [2.45, 2.75) is 20.4 Å². The Labute approximate surface area is 135 Å². The Balaban J connectivity index is 2.12. The zero-order chi connectivity index (χ0) is 16.9. The van der Waals surface area contributed by atoms with Crippen molar-refractivity contribution in [3.8, 4) is 0 Å². The van der Waals surface area contributed by atoms with Gasteiger partial charge >= 0.3 is 5.69 Å². The molecule has 0 bridgehead atoms. The third kappa shape index (κ3) is 2.35. The molecule has 23 heavy (non-hydrogen) atoms. The zero-order valence-electron chi connectivity index (χ0n) is 13.3. The summed E-state index contributed by atoms with van der Waals surface area (Å²) in [5, 5.41) is 0. The predicted octanol–water partition coefficient (Wildman–Crippen LogP) is 0.995. The van der Waals surface area contributed by atoms with Crippen molar-refractivity contribution in [3.63, 3.8) is 0 Å². The van der Waals surface area contributed by atoms with Gasteiger partial charge in [-0.05, 0) is 19.9 Å². The maximum Gasteiger partial charge on any atom is 0.332 e. The Bertz CT molecular complexity index is 1050. The van der Waals surface area contributed by atoms with Crippen molar-refractivity contribution in [2.24, 2.45) is 14.1 Å². The van der Waals surface area contributed by atoms with Gasteiger partial charge in [0.1, 0.15) is 0 Å². The average molecular weight is 332 g/mol. The molecule has 0 aliphatic heterocycles. The predicted molar refractivity (Wildman–Crippen MR) is 88.3 cm³/mol. The van der Waals surface area contributed by atoms with Gasteiger partial charge in [0.25, 0.3) is 5.56 Å². The highest BCUT2D eigenvalue weighted by Gasteiger charge is 2.18. The van der Waals surface area contributed by atoms with Crippen molar-refractivity contribution in [1.29, 1.82) is 0 Å². The first-order valence-corrected chi connectivity index (χ1v) is 7.84. The van der Waals surface area contributed by atoms with Crippen LogP contribution in [0.25, 0.3) is 11.2 Å². The van der Waals surface area contributed by atoms with Gasteiger partial charge in [0.15, 0.2) is 16.9 Å². The highest BCUT2D eigenvalue weighted by molar-refractivity contribution is 7.12. The summed E-state index contributed by atoms with van der Waals surface area (Å²) in [5.41, 5.74) is 0.308. The number of nitrogens with zero attached hydrogens (tertiary/aromatic N) is 4. The first kappa shape index (κ1) is 15.4. The van der Waals surface area contributed by atoms with E-state index < -0.39 is 11.2 Å². The van der Waals surface area contributed by atoms with Crippen LogP contribution < -0.4 is 11.2 Å². The first-order chi connectivity index (χ1) is 10.8. The largest absolute Gasteiger partial charge is 0.332 e. The second-order valence-corrected chi connectivity index (χ2v) is 6.96. The van der Waals surface area contributed by atoms with Crippen molar-refractivity contribution in [2.75, 3.05) is 0 Å². The van der Waals surface area contributed by atoms with Gasteiger partial charge in [-0.1, -0.05) is 0 Å². The summed E-state index contributed by atoms with van der Waals surface area (Å²) in [4.78, 5) is 42.9. The second kappa shape index (κ2) is 5.31. The van der Waals surface area contributed by atoms with Crippen LogP contribution in [0.2, 0.25) is 0 Å². The Morgan fingerprint density at radius 3 is 2.52 bits per heavy atom. The number of Topliss-reactive ketones (excluding diaryl/α,β-unsaturated/α-hetero) is 1. The minimum Gasteiger partial charge on any atom is -0.317 e. The van der Waals surface area contributed by atoms with Crippen LogP contribution in [0.3, 0.4) is 0 Å².